The first kappa shape index (κ1) is 17.4. The summed E-state index contributed by atoms with van der Waals surface area (Å²) >= 11 is 3.70. The fourth-order valence-electron chi connectivity index (χ4n) is 1.07. The van der Waals surface area contributed by atoms with Crippen LogP contribution in [0.3, 0.4) is 0 Å². The lowest BCUT2D eigenvalue weighted by Crippen LogP contribution is -1.92. The normalized spacial score (nSPS) is 22.7. The van der Waals surface area contributed by atoms with E-state index in [1.165, 1.54) is 21.6 Å². The van der Waals surface area contributed by atoms with Gasteiger partial charge in [0.05, 0.1) is 16.1 Å². The summed E-state index contributed by atoms with van der Waals surface area (Å²) < 4.78 is 0. The molecule has 2 heterocycles. The van der Waals surface area contributed by atoms with E-state index < -0.39 is 0 Å². The van der Waals surface area contributed by atoms with E-state index in [9.17, 15) is 0 Å². The zero-order valence-corrected chi connectivity index (χ0v) is 10.0. The quantitative estimate of drug-likeness (QED) is 0.648. The lowest BCUT2D eigenvalue weighted by molar-refractivity contribution is 0.865. The van der Waals surface area contributed by atoms with Crippen molar-refractivity contribution in [2.45, 2.75) is 41.7 Å². The monoisotopic (exact) mass is 248 g/mol. The van der Waals surface area contributed by atoms with Crippen LogP contribution in [-0.4, -0.2) is 34.2 Å². The maximum absolute atomic E-state index is 4.27. The summed E-state index contributed by atoms with van der Waals surface area (Å²) in [7, 11) is 0. The van der Waals surface area contributed by atoms with Gasteiger partial charge in [-0.15, -0.1) is 23.5 Å². The molecule has 0 spiro atoms. The second kappa shape index (κ2) is 9.28. The zero-order valence-electron chi connectivity index (χ0n) is 8.41. The van der Waals surface area contributed by atoms with Crippen LogP contribution in [0.15, 0.2) is 9.98 Å². The van der Waals surface area contributed by atoms with Gasteiger partial charge in [-0.1, -0.05) is 14.9 Å². The van der Waals surface area contributed by atoms with Crippen molar-refractivity contribution in [1.29, 1.82) is 0 Å². The van der Waals surface area contributed by atoms with Gasteiger partial charge >= 0.3 is 0 Å². The molecule has 0 amide bonds. The largest absolute Gasteiger partial charge is 0.282 e. The van der Waals surface area contributed by atoms with Crippen molar-refractivity contribution < 1.29 is 0 Å². The summed E-state index contributed by atoms with van der Waals surface area (Å²) in [6.45, 7) is 7.30. The summed E-state index contributed by atoms with van der Waals surface area (Å²) in [6.07, 6.45) is 0. The first-order valence-electron chi connectivity index (χ1n) is 4.49. The highest BCUT2D eigenvalue weighted by atomic mass is 32.2. The van der Waals surface area contributed by atoms with Crippen molar-refractivity contribution in [3.8, 4) is 0 Å². The number of nitrogens with zero attached hydrogens (tertiary/aromatic N) is 2. The predicted octanol–water partition coefficient (Wildman–Crippen LogP) is 3.96. The molecule has 1 atom stereocenters. The van der Waals surface area contributed by atoms with Gasteiger partial charge in [-0.2, -0.15) is 0 Å². The molecule has 2 aliphatic rings. The van der Waals surface area contributed by atoms with E-state index in [1.807, 2.05) is 23.5 Å². The molecule has 0 saturated carbocycles. The molecular weight excluding hydrogens is 224 g/mol. The molecule has 2 aliphatic heterocycles. The van der Waals surface area contributed by atoms with Crippen LogP contribution in [0, 0.1) is 0 Å². The van der Waals surface area contributed by atoms with E-state index in [4.69, 9.17) is 0 Å². The van der Waals surface area contributed by atoms with Crippen molar-refractivity contribution in [1.82, 2.24) is 0 Å². The highest BCUT2D eigenvalue weighted by Gasteiger charge is 2.07. The van der Waals surface area contributed by atoms with Crippen molar-refractivity contribution >= 4 is 33.6 Å². The maximum atomic E-state index is 4.27. The third kappa shape index (κ3) is 7.91. The van der Waals surface area contributed by atoms with E-state index >= 15 is 0 Å². The SMILES string of the molecule is C.C.CC1=NC(C)CS1.CC1=NCCS1. The van der Waals surface area contributed by atoms with Crippen LogP contribution in [0.4, 0.5) is 0 Å². The molecule has 0 aromatic rings. The molecule has 0 aliphatic carbocycles. The minimum absolute atomic E-state index is 0. The molecule has 0 bridgehead atoms. The third-order valence-corrected chi connectivity index (χ3v) is 3.78. The van der Waals surface area contributed by atoms with Gasteiger partial charge in [-0.05, 0) is 20.8 Å². The van der Waals surface area contributed by atoms with Crippen molar-refractivity contribution in [3.63, 3.8) is 0 Å². The zero-order chi connectivity index (χ0) is 9.68. The average Bonchev–Trinajstić information content (AvgIpc) is 2.64. The van der Waals surface area contributed by atoms with Gasteiger partial charge in [0.2, 0.25) is 0 Å². The summed E-state index contributed by atoms with van der Waals surface area (Å²) in [4.78, 5) is 8.38. The Labute approximate surface area is 103 Å². The summed E-state index contributed by atoms with van der Waals surface area (Å²) in [6, 6.07) is 0.574. The highest BCUT2D eigenvalue weighted by Crippen LogP contribution is 2.15. The van der Waals surface area contributed by atoms with E-state index in [0.29, 0.717) is 6.04 Å². The molecule has 4 heteroatoms. The fraction of sp³-hybridized carbons (Fsp3) is 0.818. The van der Waals surface area contributed by atoms with Gasteiger partial charge in [-0.3, -0.25) is 9.98 Å². The molecule has 2 rings (SSSR count). The minimum atomic E-state index is 0. The molecule has 15 heavy (non-hydrogen) atoms. The Morgan fingerprint density at radius 3 is 1.93 bits per heavy atom. The molecule has 90 valence electrons. The Morgan fingerprint density at radius 2 is 1.80 bits per heavy atom. The summed E-state index contributed by atoms with van der Waals surface area (Å²) in [5, 5.41) is 2.49. The first-order chi connectivity index (χ1) is 6.18. The number of rotatable bonds is 0. The second-order valence-corrected chi connectivity index (χ2v) is 5.56. The Kier molecular flexibility index (Phi) is 10.8. The van der Waals surface area contributed by atoms with Gasteiger partial charge in [0.15, 0.2) is 0 Å². The van der Waals surface area contributed by atoms with E-state index in [0.717, 1.165) is 6.54 Å². The molecule has 1 unspecified atom stereocenters. The van der Waals surface area contributed by atoms with Crippen LogP contribution in [0.2, 0.25) is 0 Å². The van der Waals surface area contributed by atoms with Crippen LogP contribution >= 0.6 is 23.5 Å². The summed E-state index contributed by atoms with van der Waals surface area (Å²) in [5.74, 6) is 2.39. The standard InChI is InChI=1S/C5H9NS.C4H7NS.2CH4/c1-4-3-7-5(2)6-4;1-4-5-2-3-6-4;;/h4H,3H2,1-2H3;2-3H2,1H3;2*1H4. The van der Waals surface area contributed by atoms with Crippen LogP contribution in [0.5, 0.6) is 0 Å². The molecule has 0 radical (unpaired) electrons. The van der Waals surface area contributed by atoms with Gasteiger partial charge in [-0.25, -0.2) is 0 Å². The van der Waals surface area contributed by atoms with E-state index in [2.05, 4.69) is 30.8 Å². The Balaban J connectivity index is 0. The third-order valence-electron chi connectivity index (χ3n) is 1.67. The number of aliphatic imine (C=N–C) groups is 2. The fourth-order valence-corrected chi connectivity index (χ4v) is 2.54. The van der Waals surface area contributed by atoms with Crippen LogP contribution in [0.25, 0.3) is 0 Å². The average molecular weight is 248 g/mol. The van der Waals surface area contributed by atoms with Gasteiger partial charge < -0.3 is 0 Å². The first-order valence-corrected chi connectivity index (χ1v) is 6.46. The molecule has 0 aromatic carbocycles. The molecule has 0 N–H and O–H groups in total. The smallest absolute Gasteiger partial charge is 0.0649 e. The van der Waals surface area contributed by atoms with Crippen molar-refractivity contribution in [3.05, 3.63) is 0 Å². The lowest BCUT2D eigenvalue weighted by atomic mass is 10.4. The Morgan fingerprint density at radius 1 is 1.13 bits per heavy atom. The summed E-state index contributed by atoms with van der Waals surface area (Å²) in [5.41, 5.74) is 0. The van der Waals surface area contributed by atoms with E-state index in [-0.39, 0.29) is 14.9 Å². The predicted molar refractivity (Wildman–Crippen MR) is 78.9 cm³/mol. The van der Waals surface area contributed by atoms with Gasteiger partial charge in [0, 0.05) is 18.1 Å². The minimum Gasteiger partial charge on any atom is -0.282 e. The topological polar surface area (TPSA) is 24.7 Å². The molecule has 0 fully saturated rings. The molecule has 0 aromatic heterocycles. The molecule has 0 saturated heterocycles. The van der Waals surface area contributed by atoms with Crippen LogP contribution < -0.4 is 0 Å². The molecular formula is C11H24N2S2. The van der Waals surface area contributed by atoms with Crippen molar-refractivity contribution in [2.24, 2.45) is 9.98 Å². The Hall–Kier alpha value is 0.0400. The number of hydrogen-bond acceptors (Lipinski definition) is 4. The van der Waals surface area contributed by atoms with Gasteiger partial charge in [0.1, 0.15) is 0 Å². The van der Waals surface area contributed by atoms with Crippen molar-refractivity contribution in [2.75, 3.05) is 18.1 Å². The lowest BCUT2D eigenvalue weighted by Gasteiger charge is -1.87. The highest BCUT2D eigenvalue weighted by molar-refractivity contribution is 8.14. The second-order valence-electron chi connectivity index (χ2n) is 3.06. The number of hydrogen-bond donors (Lipinski definition) is 0. The maximum Gasteiger partial charge on any atom is 0.0649 e. The van der Waals surface area contributed by atoms with Gasteiger partial charge in [0.25, 0.3) is 0 Å². The van der Waals surface area contributed by atoms with E-state index in [1.54, 1.807) is 0 Å². The van der Waals surface area contributed by atoms with Crippen LogP contribution in [-0.2, 0) is 0 Å². The van der Waals surface area contributed by atoms with Crippen LogP contribution in [0.1, 0.15) is 35.6 Å². The molecule has 2 nitrogen and oxygen atoms in total. The number of thioether (sulfide) groups is 2. The Bertz CT molecular complexity index is 225.